The van der Waals surface area contributed by atoms with Crippen LogP contribution in [0.15, 0.2) is 47.1 Å². The molecule has 0 aliphatic rings. The van der Waals surface area contributed by atoms with E-state index in [9.17, 15) is 5.11 Å². The molecule has 82 valence electrons. The highest BCUT2D eigenvalue weighted by atomic mass is 79.9. The second-order valence-corrected chi connectivity index (χ2v) is 4.65. The number of nitrogens with zero attached hydrogens (tertiary/aromatic N) is 1. The molecule has 0 spiro atoms. The second-order valence-electron chi connectivity index (χ2n) is 3.32. The van der Waals surface area contributed by atoms with Gasteiger partial charge in [-0.2, -0.15) is 0 Å². The second kappa shape index (κ2) is 4.95. The van der Waals surface area contributed by atoms with E-state index < -0.39 is 6.10 Å². The van der Waals surface area contributed by atoms with E-state index in [0.29, 0.717) is 16.3 Å². The van der Waals surface area contributed by atoms with Gasteiger partial charge in [-0.25, -0.2) is 0 Å². The number of rotatable bonds is 2. The third-order valence-electron chi connectivity index (χ3n) is 2.22. The summed E-state index contributed by atoms with van der Waals surface area (Å²) in [4.78, 5) is 4.12. The third-order valence-corrected chi connectivity index (χ3v) is 3.06. The Labute approximate surface area is 107 Å². The fraction of sp³-hybridized carbons (Fsp3) is 0.0833. The lowest BCUT2D eigenvalue weighted by Gasteiger charge is -2.12. The van der Waals surface area contributed by atoms with E-state index in [4.69, 9.17) is 11.6 Å². The van der Waals surface area contributed by atoms with Gasteiger partial charge < -0.3 is 5.11 Å². The lowest BCUT2D eigenvalue weighted by molar-refractivity contribution is 0.215. The van der Waals surface area contributed by atoms with Gasteiger partial charge in [-0.05, 0) is 18.2 Å². The average molecular weight is 299 g/mol. The Morgan fingerprint density at radius 3 is 2.69 bits per heavy atom. The fourth-order valence-corrected chi connectivity index (χ4v) is 2.02. The van der Waals surface area contributed by atoms with Crippen LogP contribution < -0.4 is 0 Å². The maximum absolute atomic E-state index is 10.1. The molecule has 0 radical (unpaired) electrons. The van der Waals surface area contributed by atoms with Gasteiger partial charge in [0.1, 0.15) is 6.10 Å². The average Bonchev–Trinajstić information content (AvgIpc) is 2.29. The van der Waals surface area contributed by atoms with Crippen LogP contribution in [0.4, 0.5) is 0 Å². The minimum absolute atomic E-state index is 0.539. The van der Waals surface area contributed by atoms with E-state index in [0.717, 1.165) is 4.47 Å². The van der Waals surface area contributed by atoms with Crippen LogP contribution >= 0.6 is 27.5 Å². The highest BCUT2D eigenvalue weighted by Gasteiger charge is 2.14. The van der Waals surface area contributed by atoms with Crippen LogP contribution in [-0.2, 0) is 0 Å². The normalized spacial score (nSPS) is 12.4. The van der Waals surface area contributed by atoms with E-state index in [1.54, 1.807) is 24.4 Å². The number of aliphatic hydroxyl groups excluding tert-OH is 1. The van der Waals surface area contributed by atoms with Crippen LogP contribution in [0.3, 0.4) is 0 Å². The molecule has 0 aliphatic heterocycles. The fourth-order valence-electron chi connectivity index (χ4n) is 1.43. The molecule has 0 aliphatic carbocycles. The third kappa shape index (κ3) is 2.43. The van der Waals surface area contributed by atoms with Crippen molar-refractivity contribution in [2.75, 3.05) is 0 Å². The summed E-state index contributed by atoms with van der Waals surface area (Å²) < 4.78 is 0.878. The minimum Gasteiger partial charge on any atom is -0.382 e. The molecule has 0 bridgehead atoms. The number of benzene rings is 1. The Hall–Kier alpha value is -0.900. The van der Waals surface area contributed by atoms with Crippen molar-refractivity contribution in [2.45, 2.75) is 6.10 Å². The first-order valence-electron chi connectivity index (χ1n) is 4.72. The van der Waals surface area contributed by atoms with Gasteiger partial charge in [-0.3, -0.25) is 4.98 Å². The molecule has 4 heteroatoms. The summed E-state index contributed by atoms with van der Waals surface area (Å²) in [6, 6.07) is 10.8. The zero-order valence-corrected chi connectivity index (χ0v) is 10.6. The van der Waals surface area contributed by atoms with Gasteiger partial charge in [-0.1, -0.05) is 45.7 Å². The Morgan fingerprint density at radius 2 is 2.00 bits per heavy atom. The maximum Gasteiger partial charge on any atom is 0.122 e. The topological polar surface area (TPSA) is 33.1 Å². The smallest absolute Gasteiger partial charge is 0.122 e. The lowest BCUT2D eigenvalue weighted by atomic mass is 10.1. The molecule has 1 aromatic heterocycles. The Morgan fingerprint density at radius 1 is 1.25 bits per heavy atom. The summed E-state index contributed by atoms with van der Waals surface area (Å²) in [7, 11) is 0. The Bertz CT molecular complexity index is 504. The first-order chi connectivity index (χ1) is 7.68. The van der Waals surface area contributed by atoms with Crippen LogP contribution in [0.25, 0.3) is 0 Å². The molecule has 1 aromatic carbocycles. The summed E-state index contributed by atoms with van der Waals surface area (Å²) in [5.74, 6) is 0. The number of aromatic nitrogens is 1. The first-order valence-corrected chi connectivity index (χ1v) is 5.89. The summed E-state index contributed by atoms with van der Waals surface area (Å²) in [6.45, 7) is 0. The SMILES string of the molecule is OC(c1cc(Br)ccn1)c1ccccc1Cl. The van der Waals surface area contributed by atoms with Gasteiger partial charge in [0.25, 0.3) is 0 Å². The number of hydrogen-bond acceptors (Lipinski definition) is 2. The lowest BCUT2D eigenvalue weighted by Crippen LogP contribution is -2.02. The van der Waals surface area contributed by atoms with Crippen molar-refractivity contribution in [3.63, 3.8) is 0 Å². The van der Waals surface area contributed by atoms with Gasteiger partial charge in [0.2, 0.25) is 0 Å². The van der Waals surface area contributed by atoms with Crippen LogP contribution in [0.5, 0.6) is 0 Å². The predicted octanol–water partition coefficient (Wildman–Crippen LogP) is 3.58. The summed E-state index contributed by atoms with van der Waals surface area (Å²) >= 11 is 9.35. The van der Waals surface area contributed by atoms with Gasteiger partial charge in [-0.15, -0.1) is 0 Å². The highest BCUT2D eigenvalue weighted by Crippen LogP contribution is 2.27. The molecule has 0 amide bonds. The van der Waals surface area contributed by atoms with Gasteiger partial charge in [0.15, 0.2) is 0 Å². The molecule has 1 unspecified atom stereocenters. The minimum atomic E-state index is -0.800. The zero-order chi connectivity index (χ0) is 11.5. The molecule has 2 nitrogen and oxygen atoms in total. The van der Waals surface area contributed by atoms with Crippen molar-refractivity contribution >= 4 is 27.5 Å². The van der Waals surface area contributed by atoms with Crippen molar-refractivity contribution in [3.8, 4) is 0 Å². The molecule has 0 saturated heterocycles. The molecule has 0 fully saturated rings. The van der Waals surface area contributed by atoms with Crippen molar-refractivity contribution in [2.24, 2.45) is 0 Å². The first kappa shape index (κ1) is 11.6. The molecule has 1 heterocycles. The van der Waals surface area contributed by atoms with E-state index in [1.165, 1.54) is 0 Å². The van der Waals surface area contributed by atoms with Gasteiger partial charge in [0.05, 0.1) is 5.69 Å². The highest BCUT2D eigenvalue weighted by molar-refractivity contribution is 9.10. The summed E-state index contributed by atoms with van der Waals surface area (Å²) in [5, 5.41) is 10.7. The largest absolute Gasteiger partial charge is 0.382 e. The van der Waals surface area contributed by atoms with Crippen LogP contribution in [0.2, 0.25) is 5.02 Å². The van der Waals surface area contributed by atoms with Crippen molar-refractivity contribution in [3.05, 3.63) is 63.3 Å². The van der Waals surface area contributed by atoms with E-state index >= 15 is 0 Å². The van der Waals surface area contributed by atoms with E-state index in [1.807, 2.05) is 18.2 Å². The van der Waals surface area contributed by atoms with Gasteiger partial charge >= 0.3 is 0 Å². The Balaban J connectivity index is 2.39. The number of halogens is 2. The molecular weight excluding hydrogens is 289 g/mol. The van der Waals surface area contributed by atoms with Crippen molar-refractivity contribution < 1.29 is 5.11 Å². The summed E-state index contributed by atoms with van der Waals surface area (Å²) in [6.07, 6.45) is 0.839. The van der Waals surface area contributed by atoms with Crippen LogP contribution in [-0.4, -0.2) is 10.1 Å². The zero-order valence-electron chi connectivity index (χ0n) is 8.27. The molecule has 1 N–H and O–H groups in total. The molecule has 2 aromatic rings. The predicted molar refractivity (Wildman–Crippen MR) is 67.5 cm³/mol. The summed E-state index contributed by atoms with van der Waals surface area (Å²) in [5.41, 5.74) is 1.23. The number of hydrogen-bond donors (Lipinski definition) is 1. The number of pyridine rings is 1. The molecule has 16 heavy (non-hydrogen) atoms. The van der Waals surface area contributed by atoms with Crippen LogP contribution in [0, 0.1) is 0 Å². The molecule has 1 atom stereocenters. The van der Waals surface area contributed by atoms with Gasteiger partial charge in [0, 0.05) is 21.3 Å². The monoisotopic (exact) mass is 297 g/mol. The van der Waals surface area contributed by atoms with Crippen LogP contribution in [0.1, 0.15) is 17.4 Å². The Kier molecular flexibility index (Phi) is 3.59. The maximum atomic E-state index is 10.1. The van der Waals surface area contributed by atoms with E-state index in [2.05, 4.69) is 20.9 Å². The molecular formula is C12H9BrClNO. The molecule has 0 saturated carbocycles. The molecule has 2 rings (SSSR count). The quantitative estimate of drug-likeness (QED) is 0.919. The van der Waals surface area contributed by atoms with E-state index in [-0.39, 0.29) is 0 Å². The van der Waals surface area contributed by atoms with Crippen molar-refractivity contribution in [1.29, 1.82) is 0 Å². The standard InChI is InChI=1S/C12H9BrClNO/c13-8-5-6-15-11(7-8)12(16)9-3-1-2-4-10(9)14/h1-7,12,16H. The van der Waals surface area contributed by atoms with Crippen molar-refractivity contribution in [1.82, 2.24) is 4.98 Å². The number of aliphatic hydroxyl groups is 1.